The van der Waals surface area contributed by atoms with Crippen molar-refractivity contribution in [3.05, 3.63) is 30.1 Å². The van der Waals surface area contributed by atoms with Crippen LogP contribution in [0.2, 0.25) is 0 Å². The zero-order valence-corrected chi connectivity index (χ0v) is 11.8. The van der Waals surface area contributed by atoms with Crippen molar-refractivity contribution in [1.82, 2.24) is 5.32 Å². The molecule has 0 spiro atoms. The van der Waals surface area contributed by atoms with E-state index >= 15 is 0 Å². The first-order valence-electron chi connectivity index (χ1n) is 6.84. The molecule has 6 heteroatoms. The highest BCUT2D eigenvalue weighted by molar-refractivity contribution is 5.87. The maximum Gasteiger partial charge on any atom is 0.329 e. The Morgan fingerprint density at radius 2 is 2.19 bits per heavy atom. The highest BCUT2D eigenvalue weighted by atomic mass is 19.1. The van der Waals surface area contributed by atoms with E-state index in [9.17, 15) is 19.1 Å². The fourth-order valence-corrected chi connectivity index (χ4v) is 2.16. The molecule has 1 unspecified atom stereocenters. The third-order valence-corrected chi connectivity index (χ3v) is 3.63. The number of ether oxygens (including phenoxy) is 1. The fourth-order valence-electron chi connectivity index (χ4n) is 2.16. The maximum absolute atomic E-state index is 12.9. The van der Waals surface area contributed by atoms with E-state index < -0.39 is 17.3 Å². The normalized spacial score (nSPS) is 16.9. The van der Waals surface area contributed by atoms with Crippen molar-refractivity contribution in [2.75, 3.05) is 6.61 Å². The Morgan fingerprint density at radius 3 is 2.76 bits per heavy atom. The van der Waals surface area contributed by atoms with Crippen LogP contribution in [0.25, 0.3) is 0 Å². The van der Waals surface area contributed by atoms with E-state index in [-0.39, 0.29) is 24.9 Å². The third kappa shape index (κ3) is 3.93. The molecule has 1 aliphatic carbocycles. The molecule has 1 aromatic carbocycles. The number of halogens is 1. The average Bonchev–Trinajstić information content (AvgIpc) is 3.23. The van der Waals surface area contributed by atoms with Crippen molar-refractivity contribution >= 4 is 11.9 Å². The molecular formula is C15H18FNO4. The van der Waals surface area contributed by atoms with Gasteiger partial charge in [0.1, 0.15) is 17.1 Å². The first-order valence-corrected chi connectivity index (χ1v) is 6.84. The summed E-state index contributed by atoms with van der Waals surface area (Å²) in [5.74, 6) is -1.49. The predicted octanol–water partition coefficient (Wildman–Crippen LogP) is 1.96. The molecule has 21 heavy (non-hydrogen) atoms. The van der Waals surface area contributed by atoms with E-state index in [0.29, 0.717) is 5.75 Å². The first-order chi connectivity index (χ1) is 9.91. The van der Waals surface area contributed by atoms with Gasteiger partial charge in [0.2, 0.25) is 5.91 Å². The van der Waals surface area contributed by atoms with Crippen molar-refractivity contribution in [3.8, 4) is 5.75 Å². The number of carboxylic acid groups (broad SMARTS) is 1. The van der Waals surface area contributed by atoms with Gasteiger partial charge >= 0.3 is 5.97 Å². The van der Waals surface area contributed by atoms with Gasteiger partial charge in [0.15, 0.2) is 0 Å². The van der Waals surface area contributed by atoms with Crippen LogP contribution in [0, 0.1) is 11.7 Å². The zero-order valence-electron chi connectivity index (χ0n) is 11.8. The number of benzene rings is 1. The van der Waals surface area contributed by atoms with Crippen LogP contribution in [0.4, 0.5) is 4.39 Å². The highest BCUT2D eigenvalue weighted by Crippen LogP contribution is 2.39. The molecule has 5 nitrogen and oxygen atoms in total. The molecule has 1 saturated carbocycles. The lowest BCUT2D eigenvalue weighted by Crippen LogP contribution is -2.54. The first kappa shape index (κ1) is 15.3. The van der Waals surface area contributed by atoms with Gasteiger partial charge in [-0.15, -0.1) is 0 Å². The zero-order chi connectivity index (χ0) is 15.5. The average molecular weight is 295 g/mol. The molecule has 0 bridgehead atoms. The summed E-state index contributed by atoms with van der Waals surface area (Å²) < 4.78 is 18.2. The highest BCUT2D eigenvalue weighted by Gasteiger charge is 2.48. The molecule has 114 valence electrons. The Labute approximate surface area is 122 Å². The van der Waals surface area contributed by atoms with E-state index in [2.05, 4.69) is 5.32 Å². The number of hydrogen-bond acceptors (Lipinski definition) is 3. The van der Waals surface area contributed by atoms with E-state index in [0.717, 1.165) is 12.8 Å². The van der Waals surface area contributed by atoms with Crippen molar-refractivity contribution in [2.24, 2.45) is 5.92 Å². The molecule has 1 atom stereocenters. The van der Waals surface area contributed by atoms with Gasteiger partial charge in [-0.25, -0.2) is 9.18 Å². The van der Waals surface area contributed by atoms with Crippen LogP contribution in [-0.4, -0.2) is 29.1 Å². The Bertz CT molecular complexity index is 544. The summed E-state index contributed by atoms with van der Waals surface area (Å²) in [6.07, 6.45) is 1.64. The molecule has 2 N–H and O–H groups in total. The second-order valence-electron chi connectivity index (χ2n) is 5.39. The number of hydrogen-bond donors (Lipinski definition) is 2. The van der Waals surface area contributed by atoms with Gasteiger partial charge in [-0.05, 0) is 37.8 Å². The van der Waals surface area contributed by atoms with Crippen LogP contribution < -0.4 is 10.1 Å². The molecule has 1 amide bonds. The van der Waals surface area contributed by atoms with Crippen LogP contribution >= 0.6 is 0 Å². The van der Waals surface area contributed by atoms with Gasteiger partial charge in [0, 0.05) is 6.07 Å². The number of amides is 1. The van der Waals surface area contributed by atoms with Crippen molar-refractivity contribution in [1.29, 1.82) is 0 Å². The Kier molecular flexibility index (Phi) is 4.45. The maximum atomic E-state index is 12.9. The topological polar surface area (TPSA) is 75.6 Å². The van der Waals surface area contributed by atoms with Crippen LogP contribution in [0.15, 0.2) is 24.3 Å². The molecule has 1 aliphatic rings. The SMILES string of the molecule is CC(NC(=O)CCOc1cccc(F)c1)(C(=O)O)C1CC1. The lowest BCUT2D eigenvalue weighted by Gasteiger charge is -2.26. The van der Waals surface area contributed by atoms with Gasteiger partial charge in [-0.3, -0.25) is 4.79 Å². The molecule has 0 saturated heterocycles. The van der Waals surface area contributed by atoms with Gasteiger partial charge < -0.3 is 15.2 Å². The largest absolute Gasteiger partial charge is 0.493 e. The third-order valence-electron chi connectivity index (χ3n) is 3.63. The lowest BCUT2D eigenvalue weighted by atomic mass is 9.96. The predicted molar refractivity (Wildman–Crippen MR) is 73.4 cm³/mol. The molecule has 0 aliphatic heterocycles. The van der Waals surface area contributed by atoms with Crippen molar-refractivity contribution in [2.45, 2.75) is 31.7 Å². The molecule has 2 rings (SSSR count). The van der Waals surface area contributed by atoms with Crippen molar-refractivity contribution in [3.63, 3.8) is 0 Å². The summed E-state index contributed by atoms with van der Waals surface area (Å²) >= 11 is 0. The monoisotopic (exact) mass is 295 g/mol. The Morgan fingerprint density at radius 1 is 1.48 bits per heavy atom. The van der Waals surface area contributed by atoms with Gasteiger partial charge in [-0.2, -0.15) is 0 Å². The van der Waals surface area contributed by atoms with Gasteiger partial charge in [0.05, 0.1) is 13.0 Å². The van der Waals surface area contributed by atoms with Crippen molar-refractivity contribution < 1.29 is 23.8 Å². The number of nitrogens with one attached hydrogen (secondary N) is 1. The second-order valence-corrected chi connectivity index (χ2v) is 5.39. The summed E-state index contributed by atoms with van der Waals surface area (Å²) in [4.78, 5) is 23.1. The molecule has 0 aromatic heterocycles. The standard InChI is InChI=1S/C15H18FNO4/c1-15(14(19)20,10-5-6-10)17-13(18)7-8-21-12-4-2-3-11(16)9-12/h2-4,9-10H,5-8H2,1H3,(H,17,18)(H,19,20). The second kappa shape index (κ2) is 6.11. The summed E-state index contributed by atoms with van der Waals surface area (Å²) in [6.45, 7) is 1.59. The minimum atomic E-state index is -1.21. The van der Waals surface area contributed by atoms with E-state index in [1.54, 1.807) is 6.07 Å². The van der Waals surface area contributed by atoms with E-state index in [4.69, 9.17) is 4.74 Å². The fraction of sp³-hybridized carbons (Fsp3) is 0.467. The summed E-state index contributed by atoms with van der Waals surface area (Å²) in [5.41, 5.74) is -1.21. The molecule has 1 aromatic rings. The minimum Gasteiger partial charge on any atom is -0.493 e. The Balaban J connectivity index is 1.80. The number of rotatable bonds is 7. The smallest absolute Gasteiger partial charge is 0.329 e. The number of aliphatic carboxylic acids is 1. The lowest BCUT2D eigenvalue weighted by molar-refractivity contribution is -0.148. The molecule has 0 radical (unpaired) electrons. The number of carbonyl (C=O) groups excluding carboxylic acids is 1. The van der Waals surface area contributed by atoms with Crippen LogP contribution in [0.1, 0.15) is 26.2 Å². The number of carbonyl (C=O) groups is 2. The summed E-state index contributed by atoms with van der Waals surface area (Å²) in [5, 5.41) is 11.8. The molecular weight excluding hydrogens is 277 g/mol. The van der Waals surface area contributed by atoms with E-state index in [1.807, 2.05) is 0 Å². The van der Waals surface area contributed by atoms with Crippen LogP contribution in [-0.2, 0) is 9.59 Å². The molecule has 0 heterocycles. The summed E-state index contributed by atoms with van der Waals surface area (Å²) in [6, 6.07) is 5.63. The summed E-state index contributed by atoms with van der Waals surface area (Å²) in [7, 11) is 0. The van der Waals surface area contributed by atoms with Gasteiger partial charge in [0.25, 0.3) is 0 Å². The Hall–Kier alpha value is -2.11. The molecule has 1 fully saturated rings. The van der Waals surface area contributed by atoms with Gasteiger partial charge in [-0.1, -0.05) is 6.07 Å². The number of carboxylic acids is 1. The van der Waals surface area contributed by atoms with Crippen LogP contribution in [0.5, 0.6) is 5.75 Å². The van der Waals surface area contributed by atoms with E-state index in [1.165, 1.54) is 25.1 Å². The van der Waals surface area contributed by atoms with Crippen LogP contribution in [0.3, 0.4) is 0 Å². The quantitative estimate of drug-likeness (QED) is 0.806. The minimum absolute atomic E-state index is 0.0110.